The minimum absolute atomic E-state index is 0.339. The first-order valence-corrected chi connectivity index (χ1v) is 7.74. The third-order valence-corrected chi connectivity index (χ3v) is 3.35. The maximum atomic E-state index is 12.6. The summed E-state index contributed by atoms with van der Waals surface area (Å²) in [5.74, 6) is -4.02. The Labute approximate surface area is 149 Å². The lowest BCUT2D eigenvalue weighted by Crippen LogP contribution is -2.52. The Morgan fingerprint density at radius 2 is 1.69 bits per heavy atom. The number of alkyl halides is 3. The van der Waals surface area contributed by atoms with Gasteiger partial charge in [0.2, 0.25) is 0 Å². The molecule has 0 aromatic heterocycles. The molecule has 1 aromatic carbocycles. The van der Waals surface area contributed by atoms with Crippen molar-refractivity contribution in [2.45, 2.75) is 44.5 Å². The molecule has 0 unspecified atom stereocenters. The molecule has 1 aromatic rings. The Balaban J connectivity index is 3.21. The summed E-state index contributed by atoms with van der Waals surface area (Å²) in [5.41, 5.74) is -0.648. The van der Waals surface area contributed by atoms with Crippen molar-refractivity contribution in [3.8, 4) is 5.75 Å². The monoisotopic (exact) mass is 377 g/mol. The van der Waals surface area contributed by atoms with Gasteiger partial charge in [-0.15, -0.1) is 0 Å². The minimum Gasteiger partial charge on any atom is -0.497 e. The molecule has 9 heteroatoms. The first-order valence-electron chi connectivity index (χ1n) is 7.74. The quantitative estimate of drug-likeness (QED) is 0.742. The van der Waals surface area contributed by atoms with E-state index in [1.807, 2.05) is 0 Å². The average Bonchev–Trinajstić information content (AvgIpc) is 2.52. The summed E-state index contributed by atoms with van der Waals surface area (Å²) in [6, 6.07) is 4.29. The Kier molecular flexibility index (Phi) is 7.02. The van der Waals surface area contributed by atoms with E-state index >= 15 is 0 Å². The van der Waals surface area contributed by atoms with Gasteiger partial charge < -0.3 is 19.9 Å². The molecule has 0 aliphatic heterocycles. The molecule has 1 amide bonds. The van der Waals surface area contributed by atoms with Gasteiger partial charge in [-0.05, 0) is 38.5 Å². The summed E-state index contributed by atoms with van der Waals surface area (Å²) < 4.78 is 48.0. The predicted octanol–water partition coefficient (Wildman–Crippen LogP) is 2.16. The highest BCUT2D eigenvalue weighted by Crippen LogP contribution is 2.25. The van der Waals surface area contributed by atoms with Gasteiger partial charge in [-0.25, -0.2) is 4.79 Å². The number of amides is 1. The Bertz CT molecular complexity index is 623. The number of carbonyl (C=O) groups is 2. The number of esters is 1. The summed E-state index contributed by atoms with van der Waals surface area (Å²) in [5, 5.41) is 11.3. The van der Waals surface area contributed by atoms with Crippen LogP contribution in [0.15, 0.2) is 24.3 Å². The highest BCUT2D eigenvalue weighted by atomic mass is 19.4. The molecule has 2 N–H and O–H groups in total. The SMILES string of the molecule is COc1ccc([C@@H](CO)[C@H](NC(=O)C(F)(F)F)C(=O)OC(C)(C)C)cc1. The lowest BCUT2D eigenvalue weighted by Gasteiger charge is -2.29. The van der Waals surface area contributed by atoms with Gasteiger partial charge in [0.05, 0.1) is 13.7 Å². The van der Waals surface area contributed by atoms with E-state index < -0.39 is 42.2 Å². The third kappa shape index (κ3) is 6.21. The highest BCUT2D eigenvalue weighted by Gasteiger charge is 2.43. The molecule has 0 aliphatic rings. The lowest BCUT2D eigenvalue weighted by atomic mass is 9.91. The fourth-order valence-corrected chi connectivity index (χ4v) is 2.17. The van der Waals surface area contributed by atoms with E-state index in [9.17, 15) is 27.9 Å². The van der Waals surface area contributed by atoms with Gasteiger partial charge in [0.1, 0.15) is 17.4 Å². The number of methoxy groups -OCH3 is 1. The molecular formula is C17H22F3NO5. The molecule has 0 heterocycles. The van der Waals surface area contributed by atoms with Gasteiger partial charge in [-0.1, -0.05) is 12.1 Å². The van der Waals surface area contributed by atoms with E-state index in [0.717, 1.165) is 0 Å². The first-order chi connectivity index (χ1) is 11.9. The number of ether oxygens (including phenoxy) is 2. The fourth-order valence-electron chi connectivity index (χ4n) is 2.17. The van der Waals surface area contributed by atoms with Crippen molar-refractivity contribution in [3.05, 3.63) is 29.8 Å². The summed E-state index contributed by atoms with van der Waals surface area (Å²) >= 11 is 0. The van der Waals surface area contributed by atoms with Crippen molar-refractivity contribution in [1.82, 2.24) is 5.32 Å². The van der Waals surface area contributed by atoms with Gasteiger partial charge in [0.15, 0.2) is 0 Å². The van der Waals surface area contributed by atoms with Crippen LogP contribution >= 0.6 is 0 Å². The zero-order valence-corrected chi connectivity index (χ0v) is 14.9. The normalized spacial score (nSPS) is 14.3. The van der Waals surface area contributed by atoms with Gasteiger partial charge >= 0.3 is 18.1 Å². The molecule has 0 bridgehead atoms. The summed E-state index contributed by atoms with van der Waals surface area (Å²) in [7, 11) is 1.44. The second kappa shape index (κ2) is 8.39. The number of nitrogens with one attached hydrogen (secondary N) is 1. The van der Waals surface area contributed by atoms with E-state index in [1.165, 1.54) is 52.1 Å². The van der Waals surface area contributed by atoms with E-state index in [-0.39, 0.29) is 0 Å². The standard InChI is InChI=1S/C17H22F3NO5/c1-16(2,3)26-14(23)13(21-15(24)17(18,19)20)12(9-22)10-5-7-11(25-4)8-6-10/h5-8,12-13,22H,9H2,1-4H3,(H,21,24)/t12-,13+/m1/s1. The van der Waals surface area contributed by atoms with Crippen LogP contribution in [0.1, 0.15) is 32.3 Å². The van der Waals surface area contributed by atoms with Gasteiger partial charge in [-0.2, -0.15) is 13.2 Å². The lowest BCUT2D eigenvalue weighted by molar-refractivity contribution is -0.177. The van der Waals surface area contributed by atoms with Crippen LogP contribution in [0, 0.1) is 0 Å². The second-order valence-electron chi connectivity index (χ2n) is 6.54. The summed E-state index contributed by atoms with van der Waals surface area (Å²) in [6.45, 7) is 3.92. The third-order valence-electron chi connectivity index (χ3n) is 3.35. The maximum Gasteiger partial charge on any atom is 0.471 e. The zero-order valence-electron chi connectivity index (χ0n) is 14.9. The smallest absolute Gasteiger partial charge is 0.471 e. The van der Waals surface area contributed by atoms with Gasteiger partial charge in [-0.3, -0.25) is 4.79 Å². The number of halogens is 3. The molecular weight excluding hydrogens is 355 g/mol. The van der Waals surface area contributed by atoms with Crippen molar-refractivity contribution in [1.29, 1.82) is 0 Å². The van der Waals surface area contributed by atoms with Crippen LogP contribution in [-0.4, -0.2) is 48.5 Å². The van der Waals surface area contributed by atoms with E-state index in [2.05, 4.69) is 0 Å². The zero-order chi connectivity index (χ0) is 20.1. The molecule has 0 aliphatic carbocycles. The molecule has 26 heavy (non-hydrogen) atoms. The molecule has 0 saturated carbocycles. The van der Waals surface area contributed by atoms with E-state index in [1.54, 1.807) is 5.32 Å². The Morgan fingerprint density at radius 3 is 2.08 bits per heavy atom. The number of hydrogen-bond donors (Lipinski definition) is 2. The van der Waals surface area contributed by atoms with Crippen LogP contribution in [-0.2, 0) is 14.3 Å². The van der Waals surface area contributed by atoms with Gasteiger partial charge in [0.25, 0.3) is 0 Å². The Hall–Kier alpha value is -2.29. The van der Waals surface area contributed by atoms with E-state index in [0.29, 0.717) is 11.3 Å². The largest absolute Gasteiger partial charge is 0.497 e. The fraction of sp³-hybridized carbons (Fsp3) is 0.529. The molecule has 6 nitrogen and oxygen atoms in total. The predicted molar refractivity (Wildman–Crippen MR) is 86.7 cm³/mol. The van der Waals surface area contributed by atoms with Crippen LogP contribution in [0.3, 0.4) is 0 Å². The van der Waals surface area contributed by atoms with Crippen molar-refractivity contribution >= 4 is 11.9 Å². The van der Waals surface area contributed by atoms with Crippen LogP contribution in [0.4, 0.5) is 13.2 Å². The number of hydrogen-bond acceptors (Lipinski definition) is 5. The van der Waals surface area contributed by atoms with Crippen LogP contribution in [0.2, 0.25) is 0 Å². The minimum atomic E-state index is -5.18. The number of aliphatic hydroxyl groups is 1. The molecule has 2 atom stereocenters. The average molecular weight is 377 g/mol. The number of carbonyl (C=O) groups excluding carboxylic acids is 2. The maximum absolute atomic E-state index is 12.6. The molecule has 0 radical (unpaired) electrons. The van der Waals surface area contributed by atoms with Crippen molar-refractivity contribution < 1.29 is 37.3 Å². The van der Waals surface area contributed by atoms with E-state index in [4.69, 9.17) is 9.47 Å². The van der Waals surface area contributed by atoms with Crippen LogP contribution in [0.5, 0.6) is 5.75 Å². The second-order valence-corrected chi connectivity index (χ2v) is 6.54. The number of rotatable bonds is 6. The summed E-state index contributed by atoms with van der Waals surface area (Å²) in [4.78, 5) is 23.7. The molecule has 1 rings (SSSR count). The summed E-state index contributed by atoms with van der Waals surface area (Å²) in [6.07, 6.45) is -5.18. The van der Waals surface area contributed by atoms with Crippen molar-refractivity contribution in [3.63, 3.8) is 0 Å². The van der Waals surface area contributed by atoms with Crippen molar-refractivity contribution in [2.75, 3.05) is 13.7 Å². The van der Waals surface area contributed by atoms with Crippen LogP contribution < -0.4 is 10.1 Å². The van der Waals surface area contributed by atoms with Crippen molar-refractivity contribution in [2.24, 2.45) is 0 Å². The van der Waals surface area contributed by atoms with Gasteiger partial charge in [0, 0.05) is 5.92 Å². The molecule has 0 spiro atoms. The molecule has 146 valence electrons. The topological polar surface area (TPSA) is 84.9 Å². The first kappa shape index (κ1) is 21.8. The number of aliphatic hydroxyl groups excluding tert-OH is 1. The molecule has 0 fully saturated rings. The Morgan fingerprint density at radius 1 is 1.15 bits per heavy atom. The van der Waals surface area contributed by atoms with Crippen LogP contribution in [0.25, 0.3) is 0 Å². The molecule has 0 saturated heterocycles. The number of benzene rings is 1. The highest BCUT2D eigenvalue weighted by molar-refractivity contribution is 5.88.